The summed E-state index contributed by atoms with van der Waals surface area (Å²) in [6.07, 6.45) is 1.42. The van der Waals surface area contributed by atoms with Crippen LogP contribution in [0.1, 0.15) is 19.3 Å². The predicted molar refractivity (Wildman–Crippen MR) is 42.7 cm³/mol. The first-order valence-electron chi connectivity index (χ1n) is 4.18. The van der Waals surface area contributed by atoms with Gasteiger partial charge in [0.1, 0.15) is 0 Å². The van der Waals surface area contributed by atoms with E-state index >= 15 is 0 Å². The molecule has 2 unspecified atom stereocenters. The summed E-state index contributed by atoms with van der Waals surface area (Å²) in [6.45, 7) is 0. The molecule has 0 saturated heterocycles. The minimum Gasteiger partial charge on any atom is -0.229 e. The first-order chi connectivity index (χ1) is 5.80. The molecule has 0 aromatic heterocycles. The van der Waals surface area contributed by atoms with Gasteiger partial charge in [0.15, 0.2) is 0 Å². The maximum absolute atomic E-state index is 13.1. The van der Waals surface area contributed by atoms with Crippen LogP contribution in [0.3, 0.4) is 0 Å². The highest BCUT2D eigenvalue weighted by Crippen LogP contribution is 2.74. The van der Waals surface area contributed by atoms with Gasteiger partial charge in [-0.25, -0.2) is 22.3 Å². The summed E-state index contributed by atoms with van der Waals surface area (Å²) in [5, 5.41) is 4.79. The average molecular weight is 211 g/mol. The Balaban J connectivity index is 2.24. The van der Waals surface area contributed by atoms with E-state index in [4.69, 9.17) is 5.14 Å². The Bertz CT molecular complexity index is 340. The molecule has 2 N–H and O–H groups in total. The zero-order valence-electron chi connectivity index (χ0n) is 6.96. The van der Waals surface area contributed by atoms with Crippen LogP contribution in [-0.2, 0) is 10.0 Å². The lowest BCUT2D eigenvalue weighted by molar-refractivity contribution is 0.0506. The number of nitrogens with two attached hydrogens (primary N) is 1. The van der Waals surface area contributed by atoms with Gasteiger partial charge in [0.05, 0.1) is 11.2 Å². The van der Waals surface area contributed by atoms with Crippen molar-refractivity contribution in [2.75, 3.05) is 5.75 Å². The first kappa shape index (κ1) is 9.33. The van der Waals surface area contributed by atoms with E-state index in [1.807, 2.05) is 0 Å². The summed E-state index contributed by atoms with van der Waals surface area (Å²) in [5.74, 6) is -4.09. The molecule has 2 aliphatic carbocycles. The molecule has 0 aromatic carbocycles. The van der Waals surface area contributed by atoms with Crippen molar-refractivity contribution < 1.29 is 17.2 Å². The molecule has 76 valence electrons. The van der Waals surface area contributed by atoms with Crippen LogP contribution in [0.2, 0.25) is 0 Å². The zero-order valence-corrected chi connectivity index (χ0v) is 7.78. The molecule has 2 saturated carbocycles. The molecule has 0 bridgehead atoms. The van der Waals surface area contributed by atoms with Gasteiger partial charge in [-0.15, -0.1) is 0 Å². The second-order valence-corrected chi connectivity index (χ2v) is 5.65. The van der Waals surface area contributed by atoms with Crippen molar-refractivity contribution in [3.63, 3.8) is 0 Å². The molecule has 0 aliphatic heterocycles. The zero-order chi connectivity index (χ0) is 9.91. The van der Waals surface area contributed by atoms with Crippen LogP contribution in [0.15, 0.2) is 0 Å². The molecule has 13 heavy (non-hydrogen) atoms. The van der Waals surface area contributed by atoms with Crippen molar-refractivity contribution in [2.24, 2.45) is 16.5 Å². The molecule has 2 fully saturated rings. The van der Waals surface area contributed by atoms with Crippen molar-refractivity contribution in [1.82, 2.24) is 0 Å². The number of primary sulfonamides is 1. The predicted octanol–water partition coefficient (Wildman–Crippen LogP) is 0.710. The second kappa shape index (κ2) is 2.23. The molecular weight excluding hydrogens is 200 g/mol. The van der Waals surface area contributed by atoms with Crippen molar-refractivity contribution in [1.29, 1.82) is 0 Å². The minimum absolute atomic E-state index is 0.293. The number of fused-ring (bicyclic) bond motifs is 1. The fraction of sp³-hybridized carbons (Fsp3) is 1.00. The first-order valence-corrected chi connectivity index (χ1v) is 5.89. The molecule has 2 aliphatic rings. The van der Waals surface area contributed by atoms with Gasteiger partial charge in [0, 0.05) is 5.92 Å². The Labute approximate surface area is 75.3 Å². The topological polar surface area (TPSA) is 60.2 Å². The molecule has 2 atom stereocenters. The summed E-state index contributed by atoms with van der Waals surface area (Å²) in [4.78, 5) is 0. The van der Waals surface area contributed by atoms with Crippen LogP contribution in [0.25, 0.3) is 0 Å². The molecule has 3 nitrogen and oxygen atoms in total. The molecular formula is C7H11F2NO2S. The lowest BCUT2D eigenvalue weighted by Crippen LogP contribution is -2.27. The maximum Gasteiger partial charge on any atom is 0.258 e. The average Bonchev–Trinajstić information content (AvgIpc) is 2.31. The van der Waals surface area contributed by atoms with Gasteiger partial charge in [0.2, 0.25) is 10.0 Å². The van der Waals surface area contributed by atoms with Crippen molar-refractivity contribution in [2.45, 2.75) is 25.2 Å². The van der Waals surface area contributed by atoms with E-state index in [9.17, 15) is 17.2 Å². The normalized spacial score (nSPS) is 41.6. The molecule has 0 heterocycles. The van der Waals surface area contributed by atoms with Gasteiger partial charge in [-0.3, -0.25) is 0 Å². The van der Waals surface area contributed by atoms with Gasteiger partial charge < -0.3 is 0 Å². The lowest BCUT2D eigenvalue weighted by atomic mass is 10.1. The number of hydrogen-bond donors (Lipinski definition) is 1. The molecule has 6 heteroatoms. The monoisotopic (exact) mass is 211 g/mol. The van der Waals surface area contributed by atoms with Gasteiger partial charge in [-0.2, -0.15) is 0 Å². The van der Waals surface area contributed by atoms with Crippen LogP contribution < -0.4 is 5.14 Å². The molecule has 0 aromatic rings. The smallest absolute Gasteiger partial charge is 0.229 e. The molecule has 0 amide bonds. The SMILES string of the molecule is NS(=O)(=O)CC12CCCC1C2(F)F. The summed E-state index contributed by atoms with van der Waals surface area (Å²) in [5.41, 5.74) is -1.30. The second-order valence-electron chi connectivity index (χ2n) is 4.03. The Morgan fingerprint density at radius 2 is 2.08 bits per heavy atom. The van der Waals surface area contributed by atoms with Gasteiger partial charge >= 0.3 is 0 Å². The number of rotatable bonds is 2. The summed E-state index contributed by atoms with van der Waals surface area (Å²) >= 11 is 0. The van der Waals surface area contributed by atoms with E-state index in [0.717, 1.165) is 0 Å². The van der Waals surface area contributed by atoms with Crippen molar-refractivity contribution in [3.05, 3.63) is 0 Å². The van der Waals surface area contributed by atoms with Gasteiger partial charge in [-0.1, -0.05) is 6.42 Å². The highest BCUT2D eigenvalue weighted by molar-refractivity contribution is 7.89. The van der Waals surface area contributed by atoms with Crippen LogP contribution in [0, 0.1) is 11.3 Å². The van der Waals surface area contributed by atoms with E-state index in [-0.39, 0.29) is 0 Å². The highest BCUT2D eigenvalue weighted by Gasteiger charge is 2.82. The van der Waals surface area contributed by atoms with Crippen LogP contribution in [-0.4, -0.2) is 20.1 Å². The summed E-state index contributed by atoms with van der Waals surface area (Å²) in [7, 11) is -3.78. The minimum atomic E-state index is -3.78. The number of halogens is 2. The third-order valence-electron chi connectivity index (χ3n) is 3.26. The Morgan fingerprint density at radius 1 is 1.46 bits per heavy atom. The number of alkyl halides is 2. The molecule has 0 radical (unpaired) electrons. The summed E-state index contributed by atoms with van der Waals surface area (Å²) in [6, 6.07) is 0. The molecule has 2 rings (SSSR count). The number of sulfonamides is 1. The van der Waals surface area contributed by atoms with Crippen molar-refractivity contribution in [3.8, 4) is 0 Å². The fourth-order valence-electron chi connectivity index (χ4n) is 2.64. The lowest BCUT2D eigenvalue weighted by Gasteiger charge is -2.11. The third kappa shape index (κ3) is 1.11. The van der Waals surface area contributed by atoms with Gasteiger partial charge in [0.25, 0.3) is 5.92 Å². The van der Waals surface area contributed by atoms with Gasteiger partial charge in [-0.05, 0) is 12.8 Å². The fourth-order valence-corrected chi connectivity index (χ4v) is 3.90. The maximum atomic E-state index is 13.1. The highest BCUT2D eigenvalue weighted by atomic mass is 32.2. The van der Waals surface area contributed by atoms with E-state index < -0.39 is 33.0 Å². The molecule has 0 spiro atoms. The van der Waals surface area contributed by atoms with E-state index in [1.54, 1.807) is 0 Å². The quantitative estimate of drug-likeness (QED) is 0.731. The van der Waals surface area contributed by atoms with E-state index in [2.05, 4.69) is 0 Å². The van der Waals surface area contributed by atoms with E-state index in [1.165, 1.54) is 0 Å². The van der Waals surface area contributed by atoms with Crippen LogP contribution in [0.5, 0.6) is 0 Å². The largest absolute Gasteiger partial charge is 0.258 e. The summed E-state index contributed by atoms with van der Waals surface area (Å²) < 4.78 is 47.7. The third-order valence-corrected chi connectivity index (χ3v) is 4.18. The Hall–Kier alpha value is -0.230. The van der Waals surface area contributed by atoms with Crippen molar-refractivity contribution >= 4 is 10.0 Å². The van der Waals surface area contributed by atoms with Crippen LogP contribution >= 0.6 is 0 Å². The Kier molecular flexibility index (Phi) is 1.60. The Morgan fingerprint density at radius 3 is 2.46 bits per heavy atom. The van der Waals surface area contributed by atoms with Crippen LogP contribution in [0.4, 0.5) is 8.78 Å². The standard InChI is InChI=1S/C7H11F2NO2S/c8-7(9)5-2-1-3-6(5,7)4-13(10,11)12/h5H,1-4H2,(H2,10,11,12). The van der Waals surface area contributed by atoms with E-state index in [0.29, 0.717) is 19.3 Å². The number of hydrogen-bond acceptors (Lipinski definition) is 2.